The maximum absolute atomic E-state index is 5.17. The highest BCUT2D eigenvalue weighted by Crippen LogP contribution is 2.00. The van der Waals surface area contributed by atoms with Gasteiger partial charge in [-0.25, -0.2) is 5.84 Å². The van der Waals surface area contributed by atoms with Crippen LogP contribution < -0.4 is 16.6 Å². The van der Waals surface area contributed by atoms with Crippen LogP contribution in [0, 0.1) is 0 Å². The van der Waals surface area contributed by atoms with Crippen molar-refractivity contribution in [2.45, 2.75) is 0 Å². The number of aromatic nitrogens is 1. The van der Waals surface area contributed by atoms with Crippen molar-refractivity contribution in [1.82, 2.24) is 10.4 Å². The maximum Gasteiger partial charge on any atom is 0.210 e. The van der Waals surface area contributed by atoms with E-state index in [1.807, 2.05) is 12.1 Å². The van der Waals surface area contributed by atoms with Crippen molar-refractivity contribution in [1.29, 1.82) is 0 Å². The molecule has 5 nitrogen and oxygen atoms in total. The third-order valence-electron chi connectivity index (χ3n) is 1.28. The first-order valence-corrected chi connectivity index (χ1v) is 3.47. The van der Waals surface area contributed by atoms with E-state index in [2.05, 4.69) is 20.7 Å². The molecular weight excluding hydrogens is 154 g/mol. The van der Waals surface area contributed by atoms with Gasteiger partial charge in [0.2, 0.25) is 5.96 Å². The Morgan fingerprint density at radius 2 is 2.50 bits per heavy atom. The molecule has 0 saturated heterocycles. The first-order valence-electron chi connectivity index (χ1n) is 3.47. The van der Waals surface area contributed by atoms with Crippen LogP contribution in [0.3, 0.4) is 0 Å². The minimum atomic E-state index is 0.503. The van der Waals surface area contributed by atoms with E-state index in [0.717, 1.165) is 5.69 Å². The molecule has 5 heteroatoms. The monoisotopic (exact) mass is 165 g/mol. The number of hydrogen-bond donors (Lipinski definition) is 3. The van der Waals surface area contributed by atoms with E-state index < -0.39 is 0 Å². The molecule has 0 aliphatic rings. The van der Waals surface area contributed by atoms with Crippen molar-refractivity contribution < 1.29 is 0 Å². The van der Waals surface area contributed by atoms with Crippen molar-refractivity contribution in [2.24, 2.45) is 10.8 Å². The highest BCUT2D eigenvalue weighted by atomic mass is 15.3. The van der Waals surface area contributed by atoms with Gasteiger partial charge in [-0.1, -0.05) is 0 Å². The number of nitrogens with two attached hydrogens (primary N) is 1. The average molecular weight is 165 g/mol. The second-order valence-corrected chi connectivity index (χ2v) is 2.08. The van der Waals surface area contributed by atoms with E-state index in [9.17, 15) is 0 Å². The van der Waals surface area contributed by atoms with Crippen LogP contribution in [0.15, 0.2) is 29.5 Å². The molecule has 0 fully saturated rings. The van der Waals surface area contributed by atoms with Gasteiger partial charge in [-0.15, -0.1) is 0 Å². The van der Waals surface area contributed by atoms with Gasteiger partial charge in [0, 0.05) is 13.2 Å². The van der Waals surface area contributed by atoms with E-state index in [0.29, 0.717) is 5.96 Å². The molecule has 0 aliphatic heterocycles. The molecule has 64 valence electrons. The zero-order chi connectivity index (χ0) is 8.81. The lowest BCUT2D eigenvalue weighted by atomic mass is 10.4. The highest BCUT2D eigenvalue weighted by molar-refractivity contribution is 5.92. The summed E-state index contributed by atoms with van der Waals surface area (Å²) in [7, 11) is 1.64. The lowest BCUT2D eigenvalue weighted by Crippen LogP contribution is -2.36. The minimum Gasteiger partial charge on any atom is -0.324 e. The molecule has 1 heterocycles. The molecule has 0 amide bonds. The van der Waals surface area contributed by atoms with Gasteiger partial charge in [0.15, 0.2) is 0 Å². The van der Waals surface area contributed by atoms with Gasteiger partial charge in [0.1, 0.15) is 0 Å². The van der Waals surface area contributed by atoms with Gasteiger partial charge in [-0.2, -0.15) is 0 Å². The maximum atomic E-state index is 5.17. The normalized spacial score (nSPS) is 11.0. The molecule has 0 bridgehead atoms. The number of hydrogen-bond acceptors (Lipinski definition) is 3. The number of hydrazine groups is 1. The smallest absolute Gasteiger partial charge is 0.210 e. The topological polar surface area (TPSA) is 75.3 Å². The largest absolute Gasteiger partial charge is 0.324 e. The van der Waals surface area contributed by atoms with Crippen molar-refractivity contribution in [2.75, 3.05) is 12.4 Å². The molecule has 0 unspecified atom stereocenters. The Morgan fingerprint density at radius 3 is 3.00 bits per heavy atom. The molecule has 0 atom stereocenters. The summed E-state index contributed by atoms with van der Waals surface area (Å²) >= 11 is 0. The molecule has 1 aromatic rings. The Balaban J connectivity index is 2.64. The molecule has 0 aromatic carbocycles. The molecule has 4 N–H and O–H groups in total. The van der Waals surface area contributed by atoms with Crippen molar-refractivity contribution in [3.8, 4) is 0 Å². The van der Waals surface area contributed by atoms with Gasteiger partial charge in [0.25, 0.3) is 0 Å². The lowest BCUT2D eigenvalue weighted by Gasteiger charge is -2.06. The van der Waals surface area contributed by atoms with Crippen molar-refractivity contribution in [3.05, 3.63) is 24.5 Å². The number of aliphatic imine (C=N–C) groups is 1. The number of pyridine rings is 1. The zero-order valence-corrected chi connectivity index (χ0v) is 6.78. The van der Waals surface area contributed by atoms with E-state index in [1.54, 1.807) is 19.4 Å². The molecule has 1 aromatic heterocycles. The molecule has 0 saturated carbocycles. The van der Waals surface area contributed by atoms with Gasteiger partial charge in [0.05, 0.1) is 11.9 Å². The second-order valence-electron chi connectivity index (χ2n) is 2.08. The fraction of sp³-hybridized carbons (Fsp3) is 0.143. The Labute approximate surface area is 70.7 Å². The number of nitrogens with one attached hydrogen (secondary N) is 2. The van der Waals surface area contributed by atoms with Crippen LogP contribution in [0.1, 0.15) is 0 Å². The second kappa shape index (κ2) is 4.30. The van der Waals surface area contributed by atoms with Crippen molar-refractivity contribution >= 4 is 11.6 Å². The van der Waals surface area contributed by atoms with Gasteiger partial charge < -0.3 is 5.32 Å². The average Bonchev–Trinajstić information content (AvgIpc) is 2.16. The molecular formula is C7H11N5. The molecule has 12 heavy (non-hydrogen) atoms. The van der Waals surface area contributed by atoms with E-state index in [1.165, 1.54) is 0 Å². The van der Waals surface area contributed by atoms with Crippen LogP contribution in [0.25, 0.3) is 0 Å². The lowest BCUT2D eigenvalue weighted by molar-refractivity contribution is 1.01. The van der Waals surface area contributed by atoms with Crippen LogP contribution in [0.5, 0.6) is 0 Å². The summed E-state index contributed by atoms with van der Waals surface area (Å²) in [6.07, 6.45) is 3.38. The van der Waals surface area contributed by atoms with E-state index in [-0.39, 0.29) is 0 Å². The van der Waals surface area contributed by atoms with Gasteiger partial charge in [-0.3, -0.25) is 15.4 Å². The molecule has 1 rings (SSSR count). The summed E-state index contributed by atoms with van der Waals surface area (Å²) in [6, 6.07) is 3.70. The predicted molar refractivity (Wildman–Crippen MR) is 48.5 cm³/mol. The number of guanidine groups is 1. The van der Waals surface area contributed by atoms with Crippen LogP contribution in [-0.4, -0.2) is 18.0 Å². The summed E-state index contributed by atoms with van der Waals surface area (Å²) in [6.45, 7) is 0. The minimum absolute atomic E-state index is 0.503. The van der Waals surface area contributed by atoms with Crippen LogP contribution in [0.2, 0.25) is 0 Å². The first kappa shape index (κ1) is 8.48. The first-order chi connectivity index (χ1) is 5.86. The summed E-state index contributed by atoms with van der Waals surface area (Å²) in [5.74, 6) is 5.67. The molecule has 0 aliphatic carbocycles. The van der Waals surface area contributed by atoms with Crippen LogP contribution >= 0.6 is 0 Å². The Bertz CT molecular complexity index is 256. The molecule has 0 spiro atoms. The Morgan fingerprint density at radius 1 is 1.67 bits per heavy atom. The Hall–Kier alpha value is -1.62. The van der Waals surface area contributed by atoms with Crippen LogP contribution in [0.4, 0.5) is 5.69 Å². The fourth-order valence-corrected chi connectivity index (χ4v) is 0.730. The van der Waals surface area contributed by atoms with E-state index >= 15 is 0 Å². The summed E-state index contributed by atoms with van der Waals surface area (Å²) in [5, 5.41) is 2.93. The predicted octanol–water partition coefficient (Wildman–Crippen LogP) is -0.0574. The zero-order valence-electron chi connectivity index (χ0n) is 6.78. The quantitative estimate of drug-likeness (QED) is 0.236. The standard InChI is InChI=1S/C7H11N5/c1-9-7(12-8)11-6-3-2-4-10-5-6/h2-5H,8H2,1H3,(H2,9,11,12). The molecule has 0 radical (unpaired) electrons. The summed E-state index contributed by atoms with van der Waals surface area (Å²) in [4.78, 5) is 7.76. The van der Waals surface area contributed by atoms with Crippen molar-refractivity contribution in [3.63, 3.8) is 0 Å². The fourth-order valence-electron chi connectivity index (χ4n) is 0.730. The number of nitrogens with zero attached hydrogens (tertiary/aromatic N) is 2. The summed E-state index contributed by atoms with van der Waals surface area (Å²) in [5.41, 5.74) is 3.25. The number of rotatable bonds is 1. The third-order valence-corrected chi connectivity index (χ3v) is 1.28. The number of anilines is 1. The third kappa shape index (κ3) is 2.21. The SMILES string of the molecule is CN=C(NN)Nc1cccnc1. The Kier molecular flexibility index (Phi) is 3.04. The van der Waals surface area contributed by atoms with E-state index in [4.69, 9.17) is 5.84 Å². The van der Waals surface area contributed by atoms with Gasteiger partial charge >= 0.3 is 0 Å². The highest BCUT2D eigenvalue weighted by Gasteiger charge is 1.93. The summed E-state index contributed by atoms with van der Waals surface area (Å²) < 4.78 is 0. The van der Waals surface area contributed by atoms with Crippen LogP contribution in [-0.2, 0) is 0 Å². The van der Waals surface area contributed by atoms with Gasteiger partial charge in [-0.05, 0) is 12.1 Å².